The summed E-state index contributed by atoms with van der Waals surface area (Å²) in [6.45, 7) is 6.29. The number of amides is 1. The van der Waals surface area contributed by atoms with Crippen LogP contribution in [0.5, 0.6) is 0 Å². The zero-order chi connectivity index (χ0) is 16.8. The van der Waals surface area contributed by atoms with Crippen LogP contribution in [-0.4, -0.2) is 11.9 Å². The fraction of sp³-hybridized carbons (Fsp3) is 0.316. The molecule has 3 nitrogen and oxygen atoms in total. The van der Waals surface area contributed by atoms with Crippen LogP contribution in [0.1, 0.15) is 32.4 Å². The number of quaternary nitrogens is 1. The summed E-state index contributed by atoms with van der Waals surface area (Å²) in [4.78, 5) is 12.4. The third kappa shape index (κ3) is 5.08. The van der Waals surface area contributed by atoms with Gasteiger partial charge in [0.15, 0.2) is 6.04 Å². The first-order valence-electron chi connectivity index (χ1n) is 7.93. The quantitative estimate of drug-likeness (QED) is 0.834. The lowest BCUT2D eigenvalue weighted by atomic mass is 9.95. The predicted molar refractivity (Wildman–Crippen MR) is 95.5 cm³/mol. The fourth-order valence-corrected chi connectivity index (χ4v) is 2.71. The second-order valence-corrected chi connectivity index (χ2v) is 6.59. The van der Waals surface area contributed by atoms with Crippen LogP contribution in [0.15, 0.2) is 54.6 Å². The Morgan fingerprint density at radius 2 is 1.61 bits per heavy atom. The number of benzene rings is 2. The molecule has 2 rings (SSSR count). The highest BCUT2D eigenvalue weighted by molar-refractivity contribution is 6.30. The van der Waals surface area contributed by atoms with E-state index in [-0.39, 0.29) is 18.0 Å². The summed E-state index contributed by atoms with van der Waals surface area (Å²) in [6, 6.07) is 17.6. The highest BCUT2D eigenvalue weighted by atomic mass is 35.5. The zero-order valence-electron chi connectivity index (χ0n) is 13.8. The van der Waals surface area contributed by atoms with Crippen LogP contribution < -0.4 is 10.6 Å². The van der Waals surface area contributed by atoms with Crippen LogP contribution in [0, 0.1) is 5.92 Å². The lowest BCUT2D eigenvalue weighted by Crippen LogP contribution is -2.93. The maximum atomic E-state index is 12.4. The van der Waals surface area contributed by atoms with Crippen molar-refractivity contribution in [1.29, 1.82) is 0 Å². The van der Waals surface area contributed by atoms with E-state index in [9.17, 15) is 4.79 Å². The zero-order valence-corrected chi connectivity index (χ0v) is 14.5. The van der Waals surface area contributed by atoms with E-state index in [1.807, 2.05) is 37.3 Å². The molecule has 3 N–H and O–H groups in total. The smallest absolute Gasteiger partial charge is 0.282 e. The SMILES string of the molecule is CC(C)[C@H]([NH2+][C@H](C)C(=O)Nc1ccc(Cl)cc1)c1ccccc1. The fourth-order valence-electron chi connectivity index (χ4n) is 2.58. The molecule has 0 saturated carbocycles. The molecule has 0 aliphatic carbocycles. The van der Waals surface area contributed by atoms with Gasteiger partial charge in [0, 0.05) is 22.2 Å². The highest BCUT2D eigenvalue weighted by Gasteiger charge is 2.25. The van der Waals surface area contributed by atoms with Crippen LogP contribution in [0.25, 0.3) is 0 Å². The Morgan fingerprint density at radius 1 is 1.00 bits per heavy atom. The normalized spacial score (nSPS) is 13.6. The summed E-state index contributed by atoms with van der Waals surface area (Å²) in [7, 11) is 0. The van der Waals surface area contributed by atoms with Crippen molar-refractivity contribution in [1.82, 2.24) is 0 Å². The molecule has 4 heteroatoms. The third-order valence-corrected chi connectivity index (χ3v) is 4.18. The first-order valence-corrected chi connectivity index (χ1v) is 8.31. The largest absolute Gasteiger partial charge is 0.330 e. The Balaban J connectivity index is 2.02. The average molecular weight is 332 g/mol. The number of anilines is 1. The molecule has 0 heterocycles. The molecule has 1 amide bonds. The van der Waals surface area contributed by atoms with Crippen molar-refractivity contribution in [3.05, 3.63) is 65.2 Å². The second-order valence-electron chi connectivity index (χ2n) is 6.16. The summed E-state index contributed by atoms with van der Waals surface area (Å²) in [5.41, 5.74) is 2.01. The molecule has 0 fully saturated rings. The average Bonchev–Trinajstić information content (AvgIpc) is 2.55. The molecule has 0 radical (unpaired) electrons. The van der Waals surface area contributed by atoms with Gasteiger partial charge in [0.1, 0.15) is 6.04 Å². The van der Waals surface area contributed by atoms with Gasteiger partial charge in [-0.1, -0.05) is 55.8 Å². The topological polar surface area (TPSA) is 45.7 Å². The van der Waals surface area contributed by atoms with Gasteiger partial charge in [0.05, 0.1) is 0 Å². The number of carbonyl (C=O) groups excluding carboxylic acids is 1. The van der Waals surface area contributed by atoms with Crippen molar-refractivity contribution < 1.29 is 10.1 Å². The van der Waals surface area contributed by atoms with E-state index < -0.39 is 0 Å². The summed E-state index contributed by atoms with van der Waals surface area (Å²) in [5, 5.41) is 5.72. The summed E-state index contributed by atoms with van der Waals surface area (Å²) >= 11 is 5.86. The Hall–Kier alpha value is -1.84. The standard InChI is InChI=1S/C19H23ClN2O/c1-13(2)18(15-7-5-4-6-8-15)21-14(3)19(23)22-17-11-9-16(20)10-12-17/h4-14,18,21H,1-3H3,(H,22,23)/p+1/t14-,18+/m1/s1. The van der Waals surface area contributed by atoms with Gasteiger partial charge >= 0.3 is 0 Å². The monoisotopic (exact) mass is 331 g/mol. The van der Waals surface area contributed by atoms with Crippen LogP contribution >= 0.6 is 11.6 Å². The van der Waals surface area contributed by atoms with E-state index in [4.69, 9.17) is 11.6 Å². The molecule has 0 saturated heterocycles. The van der Waals surface area contributed by atoms with Crippen molar-refractivity contribution in [3.63, 3.8) is 0 Å². The molecule has 23 heavy (non-hydrogen) atoms. The maximum Gasteiger partial charge on any atom is 0.282 e. The molecular formula is C19H24ClN2O+. The minimum absolute atomic E-state index is 0.00564. The van der Waals surface area contributed by atoms with Crippen molar-refractivity contribution in [2.75, 3.05) is 5.32 Å². The number of halogens is 1. The van der Waals surface area contributed by atoms with Gasteiger partial charge in [0.25, 0.3) is 5.91 Å². The van der Waals surface area contributed by atoms with Crippen molar-refractivity contribution in [3.8, 4) is 0 Å². The van der Waals surface area contributed by atoms with Gasteiger partial charge in [0.2, 0.25) is 0 Å². The molecule has 2 aromatic rings. The van der Waals surface area contributed by atoms with Gasteiger partial charge in [-0.2, -0.15) is 0 Å². The summed E-state index contributed by atoms with van der Waals surface area (Å²) in [5.74, 6) is 0.428. The van der Waals surface area contributed by atoms with E-state index in [1.54, 1.807) is 12.1 Å². The van der Waals surface area contributed by atoms with Crippen LogP contribution in [-0.2, 0) is 4.79 Å². The first-order chi connectivity index (χ1) is 11.0. The number of nitrogens with one attached hydrogen (secondary N) is 1. The predicted octanol–water partition coefficient (Wildman–Crippen LogP) is 3.63. The Bertz CT molecular complexity index is 626. The number of hydrogen-bond donors (Lipinski definition) is 2. The van der Waals surface area contributed by atoms with E-state index in [0.717, 1.165) is 5.69 Å². The molecule has 0 unspecified atom stereocenters. The molecule has 122 valence electrons. The van der Waals surface area contributed by atoms with Gasteiger partial charge < -0.3 is 10.6 Å². The highest BCUT2D eigenvalue weighted by Crippen LogP contribution is 2.17. The van der Waals surface area contributed by atoms with E-state index >= 15 is 0 Å². The Kier molecular flexibility index (Phi) is 6.20. The lowest BCUT2D eigenvalue weighted by molar-refractivity contribution is -0.718. The van der Waals surface area contributed by atoms with Gasteiger partial charge in [-0.3, -0.25) is 4.79 Å². The third-order valence-electron chi connectivity index (χ3n) is 3.92. The molecule has 0 aromatic heterocycles. The first kappa shape index (κ1) is 17.5. The minimum atomic E-state index is -0.182. The molecule has 0 bridgehead atoms. The van der Waals surface area contributed by atoms with Crippen LogP contribution in [0.2, 0.25) is 5.02 Å². The molecule has 0 spiro atoms. The number of rotatable bonds is 6. The molecule has 2 atom stereocenters. The van der Waals surface area contributed by atoms with Gasteiger partial charge in [-0.15, -0.1) is 0 Å². The summed E-state index contributed by atoms with van der Waals surface area (Å²) < 4.78 is 0. The van der Waals surface area contributed by atoms with Gasteiger partial charge in [-0.25, -0.2) is 0 Å². The molecular weight excluding hydrogens is 308 g/mol. The Morgan fingerprint density at radius 3 is 2.17 bits per heavy atom. The second kappa shape index (κ2) is 8.14. The molecule has 0 aliphatic rings. The summed E-state index contributed by atoms with van der Waals surface area (Å²) in [6.07, 6.45) is 0. The van der Waals surface area contributed by atoms with E-state index in [1.165, 1.54) is 5.56 Å². The maximum absolute atomic E-state index is 12.4. The number of hydrogen-bond acceptors (Lipinski definition) is 1. The van der Waals surface area contributed by atoms with Gasteiger partial charge in [-0.05, 0) is 31.2 Å². The van der Waals surface area contributed by atoms with Crippen molar-refractivity contribution >= 4 is 23.2 Å². The molecule has 0 aliphatic heterocycles. The van der Waals surface area contributed by atoms with E-state index in [0.29, 0.717) is 10.9 Å². The van der Waals surface area contributed by atoms with Crippen molar-refractivity contribution in [2.24, 2.45) is 5.92 Å². The number of nitrogens with two attached hydrogens (primary N) is 1. The van der Waals surface area contributed by atoms with Crippen molar-refractivity contribution in [2.45, 2.75) is 32.9 Å². The van der Waals surface area contributed by atoms with Crippen LogP contribution in [0.3, 0.4) is 0 Å². The number of carbonyl (C=O) groups is 1. The van der Waals surface area contributed by atoms with E-state index in [2.05, 4.69) is 36.6 Å². The minimum Gasteiger partial charge on any atom is -0.330 e. The molecule has 2 aromatic carbocycles. The van der Waals surface area contributed by atoms with Crippen LogP contribution in [0.4, 0.5) is 5.69 Å². The Labute approximate surface area is 143 Å². The lowest BCUT2D eigenvalue weighted by Gasteiger charge is -2.23.